The number of anilines is 4. The molecule has 3 aromatic rings. The van der Waals surface area contributed by atoms with E-state index >= 15 is 0 Å². The Morgan fingerprint density at radius 1 is 1.00 bits per heavy atom. The fraction of sp³-hybridized carbons (Fsp3) is 0.448. The summed E-state index contributed by atoms with van der Waals surface area (Å²) in [5.41, 5.74) is 3.97. The second-order valence-electron chi connectivity index (χ2n) is 11.7. The number of piperazine rings is 1. The number of nitrogens with zero attached hydrogens (tertiary/aromatic N) is 4. The lowest BCUT2D eigenvalue weighted by Crippen LogP contribution is -2.60. The van der Waals surface area contributed by atoms with Crippen molar-refractivity contribution < 1.29 is 13.2 Å². The molecule has 1 aliphatic rings. The molecule has 1 aromatic heterocycles. The molecular weight excluding hydrogens is 498 g/mol. The summed E-state index contributed by atoms with van der Waals surface area (Å²) in [6.07, 6.45) is 1.18. The van der Waals surface area contributed by atoms with Crippen LogP contribution in [0.3, 0.4) is 0 Å². The molecule has 1 saturated heterocycles. The normalized spacial score (nSPS) is 15.9. The standard InChI is InChI=1S/C29H39N5O3S/c1-20-9-10-21(28(2,3)4)17-24(20)30-25-18-26(38(8,35)36)32-27(31-25)33-15-16-34(29(5,6)19-33)22-11-13-23(37-7)14-12-22/h9-14,17-18H,15-16,19H2,1-8H3,(H,30,31,32). The van der Waals surface area contributed by atoms with Gasteiger partial charge in [0.1, 0.15) is 11.6 Å². The van der Waals surface area contributed by atoms with Crippen LogP contribution in [0.1, 0.15) is 45.7 Å². The quantitative estimate of drug-likeness (QED) is 0.422. The van der Waals surface area contributed by atoms with E-state index < -0.39 is 9.84 Å². The van der Waals surface area contributed by atoms with E-state index in [-0.39, 0.29) is 16.0 Å². The number of sulfone groups is 1. The highest BCUT2D eigenvalue weighted by Gasteiger charge is 2.35. The van der Waals surface area contributed by atoms with Crippen molar-refractivity contribution >= 4 is 33.0 Å². The molecule has 0 bridgehead atoms. The average molecular weight is 538 g/mol. The zero-order valence-corrected chi connectivity index (χ0v) is 24.5. The summed E-state index contributed by atoms with van der Waals surface area (Å²) in [5, 5.41) is 3.38. The lowest BCUT2D eigenvalue weighted by atomic mass is 9.86. The zero-order valence-electron chi connectivity index (χ0n) is 23.7. The van der Waals surface area contributed by atoms with E-state index in [2.05, 4.69) is 85.1 Å². The van der Waals surface area contributed by atoms with E-state index in [9.17, 15) is 8.42 Å². The molecule has 38 heavy (non-hydrogen) atoms. The van der Waals surface area contributed by atoms with E-state index in [1.807, 2.05) is 19.1 Å². The Bertz CT molecular complexity index is 1410. The van der Waals surface area contributed by atoms with E-state index in [4.69, 9.17) is 9.72 Å². The molecule has 0 spiro atoms. The van der Waals surface area contributed by atoms with Crippen molar-refractivity contribution in [3.63, 3.8) is 0 Å². The number of methoxy groups -OCH3 is 1. The van der Waals surface area contributed by atoms with Gasteiger partial charge in [-0.1, -0.05) is 32.9 Å². The number of benzene rings is 2. The number of hydrogen-bond acceptors (Lipinski definition) is 8. The SMILES string of the molecule is COc1ccc(N2CCN(c3nc(Nc4cc(C(C)(C)C)ccc4C)cc(S(C)(=O)=O)n3)CC2(C)C)cc1. The summed E-state index contributed by atoms with van der Waals surface area (Å²) in [5.74, 6) is 1.68. The monoisotopic (exact) mass is 537 g/mol. The van der Waals surface area contributed by atoms with Crippen LogP contribution >= 0.6 is 0 Å². The lowest BCUT2D eigenvalue weighted by molar-refractivity contribution is 0.407. The van der Waals surface area contributed by atoms with Crippen molar-refractivity contribution in [3.05, 3.63) is 59.7 Å². The van der Waals surface area contributed by atoms with E-state index in [1.54, 1.807) is 7.11 Å². The highest BCUT2D eigenvalue weighted by Crippen LogP contribution is 2.32. The Morgan fingerprint density at radius 2 is 1.68 bits per heavy atom. The Morgan fingerprint density at radius 3 is 2.26 bits per heavy atom. The van der Waals surface area contributed by atoms with Gasteiger partial charge in [0.2, 0.25) is 5.95 Å². The van der Waals surface area contributed by atoms with Crippen molar-refractivity contribution in [1.29, 1.82) is 0 Å². The predicted molar refractivity (Wildman–Crippen MR) is 155 cm³/mol. The maximum absolute atomic E-state index is 12.6. The third-order valence-corrected chi connectivity index (χ3v) is 7.97. The first kappa shape index (κ1) is 27.7. The number of rotatable bonds is 6. The smallest absolute Gasteiger partial charge is 0.228 e. The van der Waals surface area contributed by atoms with Crippen molar-refractivity contribution in [2.45, 2.75) is 57.5 Å². The second kappa shape index (κ2) is 10.1. The van der Waals surface area contributed by atoms with Gasteiger partial charge in [0.05, 0.1) is 12.6 Å². The molecule has 0 radical (unpaired) electrons. The van der Waals surface area contributed by atoms with E-state index in [1.165, 1.54) is 17.9 Å². The highest BCUT2D eigenvalue weighted by molar-refractivity contribution is 7.90. The van der Waals surface area contributed by atoms with Crippen LogP contribution in [-0.2, 0) is 15.3 Å². The molecule has 1 N–H and O–H groups in total. The lowest BCUT2D eigenvalue weighted by Gasteiger charge is -2.48. The molecule has 0 saturated carbocycles. The Balaban J connectivity index is 1.66. The van der Waals surface area contributed by atoms with Gasteiger partial charge < -0.3 is 19.9 Å². The van der Waals surface area contributed by atoms with Crippen LogP contribution in [0.5, 0.6) is 5.75 Å². The summed E-state index contributed by atoms with van der Waals surface area (Å²) in [6, 6.07) is 15.9. The van der Waals surface area contributed by atoms with Gasteiger partial charge in [0.15, 0.2) is 14.9 Å². The van der Waals surface area contributed by atoms with Crippen LogP contribution in [0.4, 0.5) is 23.1 Å². The number of ether oxygens (including phenoxy) is 1. The number of aryl methyl sites for hydroxylation is 1. The molecule has 1 fully saturated rings. The summed E-state index contributed by atoms with van der Waals surface area (Å²) in [6.45, 7) is 14.9. The molecular formula is C29H39N5O3S. The fourth-order valence-corrected chi connectivity index (χ4v) is 5.31. The van der Waals surface area contributed by atoms with Gasteiger partial charge in [-0.15, -0.1) is 0 Å². The predicted octanol–water partition coefficient (Wildman–Crippen LogP) is 5.34. The Kier molecular flexibility index (Phi) is 7.36. The molecule has 4 rings (SSSR count). The number of aromatic nitrogens is 2. The van der Waals surface area contributed by atoms with Crippen molar-refractivity contribution in [2.75, 3.05) is 48.1 Å². The third kappa shape index (κ3) is 6.04. The van der Waals surface area contributed by atoms with Gasteiger partial charge in [0, 0.05) is 43.3 Å². The van der Waals surface area contributed by atoms with Gasteiger partial charge in [-0.25, -0.2) is 13.4 Å². The molecule has 2 heterocycles. The molecule has 1 aliphatic heterocycles. The molecule has 8 nitrogen and oxygen atoms in total. The van der Waals surface area contributed by atoms with Crippen LogP contribution in [0.2, 0.25) is 0 Å². The van der Waals surface area contributed by atoms with Crippen molar-refractivity contribution in [3.8, 4) is 5.75 Å². The van der Waals surface area contributed by atoms with Crippen molar-refractivity contribution in [2.24, 2.45) is 0 Å². The number of hydrogen-bond donors (Lipinski definition) is 1. The third-order valence-electron chi connectivity index (χ3n) is 7.01. The van der Waals surface area contributed by atoms with Crippen molar-refractivity contribution in [1.82, 2.24) is 9.97 Å². The highest BCUT2D eigenvalue weighted by atomic mass is 32.2. The van der Waals surface area contributed by atoms with Crippen LogP contribution in [0, 0.1) is 6.92 Å². The average Bonchev–Trinajstić information content (AvgIpc) is 2.83. The van der Waals surface area contributed by atoms with Gasteiger partial charge in [0.25, 0.3) is 0 Å². The van der Waals surface area contributed by atoms with Gasteiger partial charge in [-0.2, -0.15) is 4.98 Å². The first-order valence-electron chi connectivity index (χ1n) is 12.8. The minimum absolute atomic E-state index is 0.00465. The summed E-state index contributed by atoms with van der Waals surface area (Å²) in [4.78, 5) is 13.7. The Hall–Kier alpha value is -3.33. The van der Waals surface area contributed by atoms with E-state index in [0.29, 0.717) is 24.9 Å². The molecule has 0 unspecified atom stereocenters. The Labute approximate surface area is 227 Å². The molecule has 0 amide bonds. The number of nitrogens with one attached hydrogen (secondary N) is 1. The van der Waals surface area contributed by atoms with Gasteiger partial charge in [-0.3, -0.25) is 0 Å². The first-order valence-corrected chi connectivity index (χ1v) is 14.7. The first-order chi connectivity index (χ1) is 17.7. The topological polar surface area (TPSA) is 87.7 Å². The summed E-state index contributed by atoms with van der Waals surface area (Å²) >= 11 is 0. The van der Waals surface area contributed by atoms with Gasteiger partial charge in [-0.05, 0) is 67.6 Å². The maximum Gasteiger partial charge on any atom is 0.228 e. The second-order valence-corrected chi connectivity index (χ2v) is 13.6. The molecule has 204 valence electrons. The minimum atomic E-state index is -3.55. The van der Waals surface area contributed by atoms with E-state index in [0.717, 1.165) is 29.2 Å². The van der Waals surface area contributed by atoms with Crippen LogP contribution in [0.15, 0.2) is 53.6 Å². The summed E-state index contributed by atoms with van der Waals surface area (Å²) in [7, 11) is -1.89. The minimum Gasteiger partial charge on any atom is -0.497 e. The molecule has 2 aromatic carbocycles. The zero-order chi connectivity index (χ0) is 27.9. The molecule has 9 heteroatoms. The van der Waals surface area contributed by atoms with Crippen LogP contribution in [-0.4, -0.2) is 56.9 Å². The molecule has 0 aliphatic carbocycles. The molecule has 0 atom stereocenters. The largest absolute Gasteiger partial charge is 0.497 e. The van der Waals surface area contributed by atoms with Crippen LogP contribution in [0.25, 0.3) is 0 Å². The van der Waals surface area contributed by atoms with Crippen LogP contribution < -0.4 is 19.9 Å². The fourth-order valence-electron chi connectivity index (χ4n) is 4.74. The maximum atomic E-state index is 12.6. The van der Waals surface area contributed by atoms with Gasteiger partial charge >= 0.3 is 0 Å². The summed E-state index contributed by atoms with van der Waals surface area (Å²) < 4.78 is 30.5.